The molecule has 0 saturated carbocycles. The first-order valence-electron chi connectivity index (χ1n) is 10.7. The molecule has 0 aliphatic rings. The lowest BCUT2D eigenvalue weighted by molar-refractivity contribution is -0.140. The third-order valence-corrected chi connectivity index (χ3v) is 5.69. The topological polar surface area (TPSA) is 57.5 Å². The lowest BCUT2D eigenvalue weighted by Gasteiger charge is -2.18. The lowest BCUT2D eigenvalue weighted by atomic mass is 10.0. The van der Waals surface area contributed by atoms with E-state index in [4.69, 9.17) is 0 Å². The van der Waals surface area contributed by atoms with E-state index in [0.717, 1.165) is 42.7 Å². The number of carbonyl (C=O) groups is 1. The fourth-order valence-electron chi connectivity index (χ4n) is 3.89. The number of carboxylic acid groups (broad SMARTS) is 1. The molecule has 0 aliphatic carbocycles. The first kappa shape index (κ1) is 23.8. The van der Waals surface area contributed by atoms with Crippen LogP contribution in [0.5, 0.6) is 0 Å². The van der Waals surface area contributed by atoms with Crippen LogP contribution < -0.4 is 5.32 Å². The van der Waals surface area contributed by atoms with Crippen LogP contribution in [0.3, 0.4) is 0 Å². The maximum absolute atomic E-state index is 13.0. The van der Waals surface area contributed by atoms with E-state index < -0.39 is 23.8 Å². The number of rotatable bonds is 10. The van der Waals surface area contributed by atoms with Gasteiger partial charge in [-0.2, -0.15) is 13.2 Å². The van der Waals surface area contributed by atoms with E-state index in [9.17, 15) is 23.1 Å². The minimum atomic E-state index is -4.44. The Balaban J connectivity index is 1.87. The van der Waals surface area contributed by atoms with Crippen LogP contribution in [0.25, 0.3) is 10.9 Å². The monoisotopic (exact) mass is 447 g/mol. The Hall–Kier alpha value is -2.84. The molecule has 32 heavy (non-hydrogen) atoms. The van der Waals surface area contributed by atoms with Crippen LogP contribution in [0, 0.1) is 0 Å². The van der Waals surface area contributed by atoms with Crippen molar-refractivity contribution in [2.45, 2.75) is 39.2 Å². The largest absolute Gasteiger partial charge is 0.480 e. The highest BCUT2D eigenvalue weighted by atomic mass is 19.4. The van der Waals surface area contributed by atoms with Gasteiger partial charge in [0.1, 0.15) is 6.04 Å². The van der Waals surface area contributed by atoms with Gasteiger partial charge in [-0.3, -0.25) is 10.1 Å². The first-order chi connectivity index (χ1) is 15.2. The zero-order valence-corrected chi connectivity index (χ0v) is 18.2. The molecular weight excluding hydrogens is 419 g/mol. The van der Waals surface area contributed by atoms with Gasteiger partial charge in [0.2, 0.25) is 0 Å². The van der Waals surface area contributed by atoms with Crippen molar-refractivity contribution in [3.63, 3.8) is 0 Å². The van der Waals surface area contributed by atoms with Crippen LogP contribution in [0.2, 0.25) is 0 Å². The Kier molecular flexibility index (Phi) is 7.58. The molecule has 1 atom stereocenters. The van der Waals surface area contributed by atoms with Crippen molar-refractivity contribution in [2.24, 2.45) is 0 Å². The number of carboxylic acids is 1. The quantitative estimate of drug-likeness (QED) is 0.463. The number of likely N-dealkylation sites (N-methyl/N-ethyl adjacent to an activating group) is 1. The third-order valence-electron chi connectivity index (χ3n) is 5.69. The maximum atomic E-state index is 13.0. The van der Waals surface area contributed by atoms with Crippen LogP contribution in [-0.4, -0.2) is 40.2 Å². The maximum Gasteiger partial charge on any atom is 0.416 e. The highest BCUT2D eigenvalue weighted by molar-refractivity contribution is 5.89. The minimum absolute atomic E-state index is 0.000158. The molecule has 1 unspecified atom stereocenters. The Morgan fingerprint density at radius 3 is 2.50 bits per heavy atom. The molecule has 0 spiro atoms. The number of fused-ring (bicyclic) bond motifs is 1. The second-order valence-electron chi connectivity index (χ2n) is 7.67. The lowest BCUT2D eigenvalue weighted by Crippen LogP contribution is -2.28. The number of alkyl halides is 3. The Labute approximate surface area is 185 Å². The molecule has 2 N–H and O–H groups in total. The smallest absolute Gasteiger partial charge is 0.416 e. The van der Waals surface area contributed by atoms with Gasteiger partial charge in [0.25, 0.3) is 0 Å². The van der Waals surface area contributed by atoms with Gasteiger partial charge >= 0.3 is 12.1 Å². The van der Waals surface area contributed by atoms with Gasteiger partial charge in [0.05, 0.1) is 5.56 Å². The summed E-state index contributed by atoms with van der Waals surface area (Å²) in [5, 5.41) is 13.6. The Morgan fingerprint density at radius 1 is 1.12 bits per heavy atom. The van der Waals surface area contributed by atoms with E-state index in [1.165, 1.54) is 6.07 Å². The van der Waals surface area contributed by atoms with Crippen molar-refractivity contribution < 1.29 is 23.1 Å². The fraction of sp³-hybridized carbons (Fsp3) is 0.375. The van der Waals surface area contributed by atoms with Gasteiger partial charge < -0.3 is 14.6 Å². The highest BCUT2D eigenvalue weighted by Crippen LogP contribution is 2.30. The number of nitrogens with one attached hydrogen (secondary N) is 1. The summed E-state index contributed by atoms with van der Waals surface area (Å²) < 4.78 is 41.0. The predicted molar refractivity (Wildman–Crippen MR) is 118 cm³/mol. The van der Waals surface area contributed by atoms with E-state index >= 15 is 0 Å². The summed E-state index contributed by atoms with van der Waals surface area (Å²) in [5.41, 5.74) is 1.15. The molecule has 0 radical (unpaired) electrons. The molecule has 0 bridgehead atoms. The van der Waals surface area contributed by atoms with Gasteiger partial charge in [0.15, 0.2) is 0 Å². The van der Waals surface area contributed by atoms with Gasteiger partial charge in [-0.25, -0.2) is 0 Å². The fourth-order valence-corrected chi connectivity index (χ4v) is 3.89. The molecule has 3 aromatic rings. The average Bonchev–Trinajstić information content (AvgIpc) is 3.13. The van der Waals surface area contributed by atoms with Crippen LogP contribution in [0.4, 0.5) is 13.2 Å². The molecule has 8 heteroatoms. The number of aliphatic carboxylic acids is 1. The number of nitrogens with zero attached hydrogens (tertiary/aromatic N) is 2. The van der Waals surface area contributed by atoms with Crippen molar-refractivity contribution in [3.8, 4) is 0 Å². The van der Waals surface area contributed by atoms with Gasteiger partial charge in [0, 0.05) is 42.3 Å². The number of hydrogen-bond donors (Lipinski definition) is 2. The summed E-state index contributed by atoms with van der Waals surface area (Å²) in [6.07, 6.45) is -2.60. The Morgan fingerprint density at radius 2 is 1.84 bits per heavy atom. The van der Waals surface area contributed by atoms with Crippen LogP contribution in [0.1, 0.15) is 36.6 Å². The van der Waals surface area contributed by atoms with E-state index in [1.807, 2.05) is 35.0 Å². The van der Waals surface area contributed by atoms with Crippen LogP contribution in [-0.2, 0) is 24.1 Å². The zero-order valence-electron chi connectivity index (χ0n) is 18.2. The third kappa shape index (κ3) is 5.49. The first-order valence-corrected chi connectivity index (χ1v) is 10.7. The summed E-state index contributed by atoms with van der Waals surface area (Å²) in [6.45, 7) is 7.60. The van der Waals surface area contributed by atoms with Crippen LogP contribution in [0.15, 0.2) is 54.7 Å². The van der Waals surface area contributed by atoms with Crippen molar-refractivity contribution >= 4 is 16.9 Å². The van der Waals surface area contributed by atoms with Crippen molar-refractivity contribution in [1.82, 2.24) is 14.8 Å². The number of aromatic nitrogens is 1. The normalized spacial score (nSPS) is 13.1. The molecule has 0 amide bonds. The molecular formula is C24H28F3N3O2. The minimum Gasteiger partial charge on any atom is -0.480 e. The molecule has 3 rings (SSSR count). The second kappa shape index (κ2) is 10.2. The summed E-state index contributed by atoms with van der Waals surface area (Å²) in [6, 6.07) is 11.5. The average molecular weight is 448 g/mol. The Bertz CT molecular complexity index is 1060. The van der Waals surface area contributed by atoms with E-state index in [0.29, 0.717) is 17.7 Å². The molecule has 0 aliphatic heterocycles. The SMILES string of the molecule is CCN(CC)CCn1cc(C(NCc2cccc(C(F)(F)F)c2)C(=O)O)c2ccccc21. The summed E-state index contributed by atoms with van der Waals surface area (Å²) in [4.78, 5) is 14.4. The molecule has 0 saturated heterocycles. The van der Waals surface area contributed by atoms with E-state index in [2.05, 4.69) is 24.1 Å². The van der Waals surface area contributed by atoms with Gasteiger partial charge in [-0.1, -0.05) is 50.2 Å². The molecule has 1 heterocycles. The highest BCUT2D eigenvalue weighted by Gasteiger charge is 2.30. The van der Waals surface area contributed by atoms with Crippen LogP contribution >= 0.6 is 0 Å². The molecule has 1 aromatic heterocycles. The number of halogens is 3. The summed E-state index contributed by atoms with van der Waals surface area (Å²) in [5.74, 6) is -1.08. The summed E-state index contributed by atoms with van der Waals surface area (Å²) in [7, 11) is 0. The standard InChI is InChI=1S/C24H28F3N3O2/c1-3-29(4-2)12-13-30-16-20(19-10-5-6-11-21(19)30)22(23(31)32)28-15-17-8-7-9-18(14-17)24(25,26)27/h5-11,14,16,22,28H,3-4,12-13,15H2,1-2H3,(H,31,32). The number of hydrogen-bond acceptors (Lipinski definition) is 3. The molecule has 0 fully saturated rings. The van der Waals surface area contributed by atoms with Gasteiger partial charge in [-0.05, 0) is 30.8 Å². The van der Waals surface area contributed by atoms with E-state index in [-0.39, 0.29) is 6.54 Å². The number of benzene rings is 2. The predicted octanol–water partition coefficient (Wildman–Crippen LogP) is 4.92. The zero-order chi connectivity index (χ0) is 23.3. The number of para-hydroxylation sites is 1. The molecule has 172 valence electrons. The van der Waals surface area contributed by atoms with Crippen molar-refractivity contribution in [2.75, 3.05) is 19.6 Å². The van der Waals surface area contributed by atoms with Crippen molar-refractivity contribution in [3.05, 3.63) is 71.4 Å². The van der Waals surface area contributed by atoms with Gasteiger partial charge in [-0.15, -0.1) is 0 Å². The van der Waals surface area contributed by atoms with E-state index in [1.54, 1.807) is 6.07 Å². The molecule has 2 aromatic carbocycles. The second-order valence-corrected chi connectivity index (χ2v) is 7.67. The summed E-state index contributed by atoms with van der Waals surface area (Å²) >= 11 is 0. The van der Waals surface area contributed by atoms with Crippen molar-refractivity contribution in [1.29, 1.82) is 0 Å². The molecule has 5 nitrogen and oxygen atoms in total.